The molecule has 0 saturated heterocycles. The van der Waals surface area contributed by atoms with E-state index < -0.39 is 6.10 Å². The van der Waals surface area contributed by atoms with Gasteiger partial charge < -0.3 is 14.2 Å². The second kappa shape index (κ2) is 51.4. The van der Waals surface area contributed by atoms with E-state index in [2.05, 4.69) is 27.7 Å². The number of hydrogen-bond donors (Lipinski definition) is 0. The maximum atomic E-state index is 12.8. The fourth-order valence-corrected chi connectivity index (χ4v) is 8.72. The topological polar surface area (TPSA) is 78.9 Å². The largest absolute Gasteiger partial charge is 0.462 e. The van der Waals surface area contributed by atoms with Gasteiger partial charge in [-0.25, -0.2) is 0 Å². The van der Waals surface area contributed by atoms with Crippen molar-refractivity contribution < 1.29 is 28.6 Å². The van der Waals surface area contributed by atoms with Crippen molar-refractivity contribution in [2.75, 3.05) is 13.2 Å². The number of ether oxygens (including phenoxy) is 3. The Hall–Kier alpha value is -1.59. The molecule has 6 nitrogen and oxygen atoms in total. The Labute approximate surface area is 393 Å². The van der Waals surface area contributed by atoms with Crippen LogP contribution in [0.15, 0.2) is 0 Å². The molecule has 1 unspecified atom stereocenters. The Bertz CT molecular complexity index is 951. The van der Waals surface area contributed by atoms with Crippen LogP contribution in [-0.4, -0.2) is 37.2 Å². The molecule has 0 fully saturated rings. The van der Waals surface area contributed by atoms with Crippen LogP contribution in [0.4, 0.5) is 0 Å². The van der Waals surface area contributed by atoms with Gasteiger partial charge in [0.05, 0.1) is 0 Å². The van der Waals surface area contributed by atoms with E-state index >= 15 is 0 Å². The van der Waals surface area contributed by atoms with Gasteiger partial charge in [0.1, 0.15) is 13.2 Å². The summed E-state index contributed by atoms with van der Waals surface area (Å²) in [6, 6.07) is 0. The lowest BCUT2D eigenvalue weighted by Crippen LogP contribution is -2.30. The summed E-state index contributed by atoms with van der Waals surface area (Å²) < 4.78 is 16.9. The molecule has 0 heterocycles. The van der Waals surface area contributed by atoms with Crippen LogP contribution in [0.2, 0.25) is 0 Å². The summed E-state index contributed by atoms with van der Waals surface area (Å²) in [4.78, 5) is 38.1. The molecule has 0 amide bonds. The fourth-order valence-electron chi connectivity index (χ4n) is 8.72. The van der Waals surface area contributed by atoms with Crippen LogP contribution in [0.3, 0.4) is 0 Å². The summed E-state index contributed by atoms with van der Waals surface area (Å²) in [5, 5.41) is 0. The predicted molar refractivity (Wildman–Crippen MR) is 270 cm³/mol. The van der Waals surface area contributed by atoms with Crippen molar-refractivity contribution in [1.82, 2.24) is 0 Å². The van der Waals surface area contributed by atoms with Crippen LogP contribution < -0.4 is 0 Å². The zero-order valence-corrected chi connectivity index (χ0v) is 43.0. The SMILES string of the molecule is CCCCCCCCCCCCCCCCCCC(=O)O[C@@H](COC(=O)CCCCCCCCCCCCC)COC(=O)CCCCCCCCCCCCCCCCC(C)CC. The average molecular weight is 892 g/mol. The van der Waals surface area contributed by atoms with Gasteiger partial charge in [0.15, 0.2) is 6.10 Å². The fraction of sp³-hybridized carbons (Fsp3) is 0.947. The molecule has 63 heavy (non-hydrogen) atoms. The highest BCUT2D eigenvalue weighted by Gasteiger charge is 2.19. The third-order valence-corrected chi connectivity index (χ3v) is 13.4. The van der Waals surface area contributed by atoms with Gasteiger partial charge in [-0.05, 0) is 25.2 Å². The summed E-state index contributed by atoms with van der Waals surface area (Å²) >= 11 is 0. The van der Waals surface area contributed by atoms with Crippen LogP contribution in [0.1, 0.15) is 323 Å². The van der Waals surface area contributed by atoms with E-state index in [1.807, 2.05) is 0 Å². The van der Waals surface area contributed by atoms with E-state index in [9.17, 15) is 14.4 Å². The molecule has 0 radical (unpaired) electrons. The molecular formula is C57H110O6. The number of carbonyl (C=O) groups is 3. The molecule has 0 aromatic heterocycles. The Kier molecular flexibility index (Phi) is 50.1. The van der Waals surface area contributed by atoms with Crippen molar-refractivity contribution in [2.45, 2.75) is 329 Å². The summed E-state index contributed by atoms with van der Waals surface area (Å²) in [5.41, 5.74) is 0. The molecular weight excluding hydrogens is 781 g/mol. The predicted octanol–water partition coefficient (Wildman–Crippen LogP) is 18.6. The Morgan fingerprint density at radius 1 is 0.317 bits per heavy atom. The number of hydrogen-bond acceptors (Lipinski definition) is 6. The number of rotatable bonds is 52. The summed E-state index contributed by atoms with van der Waals surface area (Å²) in [6.45, 7) is 9.09. The molecule has 0 bridgehead atoms. The zero-order valence-electron chi connectivity index (χ0n) is 43.0. The van der Waals surface area contributed by atoms with Gasteiger partial charge in [0.25, 0.3) is 0 Å². The molecule has 0 aliphatic rings. The first-order valence-electron chi connectivity index (χ1n) is 28.4. The summed E-state index contributed by atoms with van der Waals surface area (Å²) in [7, 11) is 0. The second-order valence-corrected chi connectivity index (χ2v) is 19.8. The van der Waals surface area contributed by atoms with Gasteiger partial charge >= 0.3 is 17.9 Å². The lowest BCUT2D eigenvalue weighted by Gasteiger charge is -2.18. The van der Waals surface area contributed by atoms with Crippen molar-refractivity contribution >= 4 is 17.9 Å². The van der Waals surface area contributed by atoms with E-state index in [0.717, 1.165) is 63.7 Å². The molecule has 0 saturated carbocycles. The van der Waals surface area contributed by atoms with Gasteiger partial charge in [-0.2, -0.15) is 0 Å². The summed E-state index contributed by atoms with van der Waals surface area (Å²) in [5.74, 6) is 0.0583. The van der Waals surface area contributed by atoms with Crippen LogP contribution in [-0.2, 0) is 28.6 Å². The Balaban J connectivity index is 4.27. The lowest BCUT2D eigenvalue weighted by molar-refractivity contribution is -0.167. The van der Waals surface area contributed by atoms with Crippen molar-refractivity contribution in [1.29, 1.82) is 0 Å². The minimum Gasteiger partial charge on any atom is -0.462 e. The molecule has 0 rings (SSSR count). The first-order valence-corrected chi connectivity index (χ1v) is 28.4. The second-order valence-electron chi connectivity index (χ2n) is 19.8. The van der Waals surface area contributed by atoms with Gasteiger partial charge in [0.2, 0.25) is 0 Å². The monoisotopic (exact) mass is 891 g/mol. The average Bonchev–Trinajstić information content (AvgIpc) is 3.28. The van der Waals surface area contributed by atoms with Crippen molar-refractivity contribution in [3.05, 3.63) is 0 Å². The first kappa shape index (κ1) is 61.4. The highest BCUT2D eigenvalue weighted by molar-refractivity contribution is 5.71. The highest BCUT2D eigenvalue weighted by atomic mass is 16.6. The smallest absolute Gasteiger partial charge is 0.306 e. The number of carbonyl (C=O) groups excluding carboxylic acids is 3. The Morgan fingerprint density at radius 2 is 0.556 bits per heavy atom. The molecule has 0 aromatic rings. The van der Waals surface area contributed by atoms with Crippen molar-refractivity contribution in [3.8, 4) is 0 Å². The quantitative estimate of drug-likeness (QED) is 0.0344. The van der Waals surface area contributed by atoms with Gasteiger partial charge in [-0.1, -0.05) is 285 Å². The summed E-state index contributed by atoms with van der Waals surface area (Å²) in [6.07, 6.45) is 55.1. The molecule has 0 spiro atoms. The molecule has 374 valence electrons. The third-order valence-electron chi connectivity index (χ3n) is 13.4. The van der Waals surface area contributed by atoms with E-state index in [1.54, 1.807) is 0 Å². The number of unbranched alkanes of at least 4 members (excludes halogenated alkanes) is 38. The van der Waals surface area contributed by atoms with E-state index in [4.69, 9.17) is 14.2 Å². The van der Waals surface area contributed by atoms with E-state index in [-0.39, 0.29) is 31.1 Å². The maximum Gasteiger partial charge on any atom is 0.306 e. The van der Waals surface area contributed by atoms with Crippen LogP contribution in [0, 0.1) is 5.92 Å². The van der Waals surface area contributed by atoms with Crippen LogP contribution in [0.25, 0.3) is 0 Å². The number of esters is 3. The minimum atomic E-state index is -0.761. The van der Waals surface area contributed by atoms with Gasteiger partial charge in [-0.15, -0.1) is 0 Å². The van der Waals surface area contributed by atoms with Gasteiger partial charge in [0, 0.05) is 19.3 Å². The minimum absolute atomic E-state index is 0.0620. The van der Waals surface area contributed by atoms with Crippen molar-refractivity contribution in [2.24, 2.45) is 5.92 Å². The molecule has 0 aliphatic carbocycles. The third kappa shape index (κ3) is 49.7. The van der Waals surface area contributed by atoms with Crippen LogP contribution in [0.5, 0.6) is 0 Å². The van der Waals surface area contributed by atoms with Crippen molar-refractivity contribution in [3.63, 3.8) is 0 Å². The Morgan fingerprint density at radius 3 is 0.825 bits per heavy atom. The molecule has 2 atom stereocenters. The maximum absolute atomic E-state index is 12.8. The van der Waals surface area contributed by atoms with E-state index in [1.165, 1.54) is 218 Å². The van der Waals surface area contributed by atoms with E-state index in [0.29, 0.717) is 19.3 Å². The standard InChI is InChI=1S/C57H110O6/c1-5-8-10-12-14-16-18-19-20-21-26-30-34-38-42-46-50-57(60)63-54(51-61-55(58)48-44-40-36-32-27-17-15-13-11-9-6-2)52-62-56(59)49-45-41-37-33-29-25-23-22-24-28-31-35-39-43-47-53(4)7-3/h53-54H,5-52H2,1-4H3/t53?,54-/m0/s1. The first-order chi connectivity index (χ1) is 30.9. The van der Waals surface area contributed by atoms with Crippen LogP contribution >= 0.6 is 0 Å². The molecule has 0 aromatic carbocycles. The zero-order chi connectivity index (χ0) is 45.9. The normalized spacial score (nSPS) is 12.4. The highest BCUT2D eigenvalue weighted by Crippen LogP contribution is 2.18. The molecule has 0 aliphatic heterocycles. The van der Waals surface area contributed by atoms with Gasteiger partial charge in [-0.3, -0.25) is 14.4 Å². The molecule has 6 heteroatoms. The molecule has 0 N–H and O–H groups in total. The lowest BCUT2D eigenvalue weighted by atomic mass is 9.99.